The molecule has 0 saturated heterocycles. The van der Waals surface area contributed by atoms with E-state index >= 15 is 0 Å². The van der Waals surface area contributed by atoms with Crippen molar-refractivity contribution in [3.8, 4) is 0 Å². The topological polar surface area (TPSA) is 12.0 Å². The van der Waals surface area contributed by atoms with Crippen LogP contribution >= 0.6 is 38.5 Å². The molecule has 1 aromatic rings. The predicted molar refractivity (Wildman–Crippen MR) is 69.3 cm³/mol. The van der Waals surface area contributed by atoms with E-state index in [-0.39, 0.29) is 5.82 Å². The molecule has 0 bridgehead atoms. The third-order valence-corrected chi connectivity index (χ3v) is 3.07. The van der Waals surface area contributed by atoms with Gasteiger partial charge in [0.25, 0.3) is 0 Å². The predicted octanol–water partition coefficient (Wildman–Crippen LogP) is 3.50. The first-order valence-corrected chi connectivity index (χ1v) is 6.76. The second kappa shape index (κ2) is 6.74. The molecular weight excluding hydrogens is 360 g/mol. The highest BCUT2D eigenvalue weighted by Crippen LogP contribution is 2.14. The molecule has 0 fully saturated rings. The highest BCUT2D eigenvalue weighted by atomic mass is 127. The van der Waals surface area contributed by atoms with E-state index in [2.05, 4.69) is 43.8 Å². The van der Waals surface area contributed by atoms with E-state index in [4.69, 9.17) is 0 Å². The summed E-state index contributed by atoms with van der Waals surface area (Å²) in [6.45, 7) is 1.55. The van der Waals surface area contributed by atoms with E-state index in [0.717, 1.165) is 27.4 Å². The number of halogens is 3. The third-order valence-electron chi connectivity index (χ3n) is 1.82. The minimum Gasteiger partial charge on any atom is -0.313 e. The fraction of sp³-hybridized carbons (Fsp3) is 0.400. The Morgan fingerprint density at radius 2 is 2.21 bits per heavy atom. The largest absolute Gasteiger partial charge is 0.313 e. The van der Waals surface area contributed by atoms with E-state index in [9.17, 15) is 4.39 Å². The SMILES string of the molecule is Fc1cc(Br)ccc1CNCCCI. The van der Waals surface area contributed by atoms with Crippen LogP contribution in [0.3, 0.4) is 0 Å². The van der Waals surface area contributed by atoms with Gasteiger partial charge in [0.15, 0.2) is 0 Å². The second-order valence-corrected chi connectivity index (χ2v) is 4.95. The molecule has 0 aliphatic rings. The molecule has 1 aromatic carbocycles. The maximum Gasteiger partial charge on any atom is 0.128 e. The Kier molecular flexibility index (Phi) is 5.96. The van der Waals surface area contributed by atoms with Crippen molar-refractivity contribution in [3.05, 3.63) is 34.1 Å². The van der Waals surface area contributed by atoms with Crippen LogP contribution in [-0.4, -0.2) is 11.0 Å². The minimum atomic E-state index is -0.152. The van der Waals surface area contributed by atoms with Crippen molar-refractivity contribution in [2.45, 2.75) is 13.0 Å². The van der Waals surface area contributed by atoms with E-state index in [1.54, 1.807) is 6.07 Å². The summed E-state index contributed by atoms with van der Waals surface area (Å²) in [7, 11) is 0. The summed E-state index contributed by atoms with van der Waals surface area (Å²) in [5.74, 6) is -0.152. The fourth-order valence-electron chi connectivity index (χ4n) is 1.08. The van der Waals surface area contributed by atoms with Gasteiger partial charge in [0, 0.05) is 21.0 Å². The van der Waals surface area contributed by atoms with Gasteiger partial charge in [0.05, 0.1) is 0 Å². The number of alkyl halides is 1. The van der Waals surface area contributed by atoms with Crippen molar-refractivity contribution in [2.75, 3.05) is 11.0 Å². The molecule has 0 atom stereocenters. The van der Waals surface area contributed by atoms with Gasteiger partial charge in [0.1, 0.15) is 5.82 Å². The van der Waals surface area contributed by atoms with Crippen molar-refractivity contribution in [1.29, 1.82) is 0 Å². The first kappa shape index (κ1) is 12.4. The molecular formula is C10H12BrFIN. The Hall–Kier alpha value is 0.320. The molecule has 14 heavy (non-hydrogen) atoms. The molecule has 0 spiro atoms. The van der Waals surface area contributed by atoms with Gasteiger partial charge >= 0.3 is 0 Å². The summed E-state index contributed by atoms with van der Waals surface area (Å²) in [5, 5.41) is 3.20. The molecule has 4 heteroatoms. The summed E-state index contributed by atoms with van der Waals surface area (Å²) in [4.78, 5) is 0. The lowest BCUT2D eigenvalue weighted by Crippen LogP contribution is -2.15. The Morgan fingerprint density at radius 1 is 1.43 bits per heavy atom. The summed E-state index contributed by atoms with van der Waals surface area (Å²) in [6, 6.07) is 5.16. The molecule has 0 heterocycles. The van der Waals surface area contributed by atoms with Crippen molar-refractivity contribution in [3.63, 3.8) is 0 Å². The quantitative estimate of drug-likeness (QED) is 0.474. The smallest absolute Gasteiger partial charge is 0.128 e. The van der Waals surface area contributed by atoms with Crippen molar-refractivity contribution in [2.24, 2.45) is 0 Å². The summed E-state index contributed by atoms with van der Waals surface area (Å²) in [5.41, 5.74) is 0.724. The van der Waals surface area contributed by atoms with Crippen LogP contribution < -0.4 is 5.32 Å². The normalized spacial score (nSPS) is 10.5. The zero-order chi connectivity index (χ0) is 10.4. The zero-order valence-corrected chi connectivity index (χ0v) is 11.4. The Bertz CT molecular complexity index is 293. The average Bonchev–Trinajstić information content (AvgIpc) is 2.15. The molecule has 78 valence electrons. The number of hydrogen-bond acceptors (Lipinski definition) is 1. The van der Waals surface area contributed by atoms with Gasteiger partial charge in [-0.15, -0.1) is 0 Å². The van der Waals surface area contributed by atoms with Crippen LogP contribution in [-0.2, 0) is 6.54 Å². The van der Waals surface area contributed by atoms with Crippen LogP contribution in [0.1, 0.15) is 12.0 Å². The lowest BCUT2D eigenvalue weighted by Gasteiger charge is -2.05. The number of benzene rings is 1. The van der Waals surface area contributed by atoms with Gasteiger partial charge in [0.2, 0.25) is 0 Å². The summed E-state index contributed by atoms with van der Waals surface area (Å²) < 4.78 is 15.2. The molecule has 1 nitrogen and oxygen atoms in total. The van der Waals surface area contributed by atoms with Gasteiger partial charge in [-0.1, -0.05) is 44.6 Å². The second-order valence-electron chi connectivity index (χ2n) is 2.96. The summed E-state index contributed by atoms with van der Waals surface area (Å²) >= 11 is 5.56. The van der Waals surface area contributed by atoms with E-state index in [1.165, 1.54) is 6.07 Å². The molecule has 0 radical (unpaired) electrons. The van der Waals surface area contributed by atoms with Gasteiger partial charge in [-0.3, -0.25) is 0 Å². The highest BCUT2D eigenvalue weighted by Gasteiger charge is 2.01. The maximum atomic E-state index is 13.3. The van der Waals surface area contributed by atoms with Crippen LogP contribution in [0.4, 0.5) is 4.39 Å². The van der Waals surface area contributed by atoms with Gasteiger partial charge in [-0.05, 0) is 25.1 Å². The van der Waals surface area contributed by atoms with Crippen LogP contribution in [0.5, 0.6) is 0 Å². The van der Waals surface area contributed by atoms with Crippen molar-refractivity contribution < 1.29 is 4.39 Å². The third kappa shape index (κ3) is 4.23. The Morgan fingerprint density at radius 3 is 2.86 bits per heavy atom. The Labute approximate surface area is 106 Å². The van der Waals surface area contributed by atoms with Crippen LogP contribution in [0, 0.1) is 5.82 Å². The first-order valence-electron chi connectivity index (χ1n) is 4.44. The molecule has 0 aliphatic carbocycles. The number of nitrogens with one attached hydrogen (secondary N) is 1. The molecule has 1 rings (SSSR count). The zero-order valence-electron chi connectivity index (χ0n) is 7.69. The minimum absolute atomic E-state index is 0.152. The average molecular weight is 372 g/mol. The number of hydrogen-bond donors (Lipinski definition) is 1. The number of rotatable bonds is 5. The standard InChI is InChI=1S/C10H12BrFIN/c11-9-3-2-8(10(12)6-9)7-14-5-1-4-13/h2-3,6,14H,1,4-5,7H2. The maximum absolute atomic E-state index is 13.3. The van der Waals surface area contributed by atoms with E-state index < -0.39 is 0 Å². The molecule has 0 saturated carbocycles. The van der Waals surface area contributed by atoms with E-state index in [1.807, 2.05) is 6.07 Å². The summed E-state index contributed by atoms with van der Waals surface area (Å²) in [6.07, 6.45) is 1.12. The van der Waals surface area contributed by atoms with Crippen LogP contribution in [0.25, 0.3) is 0 Å². The molecule has 0 aliphatic heterocycles. The van der Waals surface area contributed by atoms with Crippen molar-refractivity contribution >= 4 is 38.5 Å². The lowest BCUT2D eigenvalue weighted by atomic mass is 10.2. The van der Waals surface area contributed by atoms with Crippen LogP contribution in [0.2, 0.25) is 0 Å². The van der Waals surface area contributed by atoms with Crippen molar-refractivity contribution in [1.82, 2.24) is 5.32 Å². The monoisotopic (exact) mass is 371 g/mol. The fourth-order valence-corrected chi connectivity index (χ4v) is 1.79. The Balaban J connectivity index is 2.42. The van der Waals surface area contributed by atoms with Gasteiger partial charge in [-0.25, -0.2) is 4.39 Å². The van der Waals surface area contributed by atoms with Crippen LogP contribution in [0.15, 0.2) is 22.7 Å². The molecule has 1 N–H and O–H groups in total. The molecule has 0 unspecified atom stereocenters. The van der Waals surface area contributed by atoms with E-state index in [0.29, 0.717) is 6.54 Å². The highest BCUT2D eigenvalue weighted by molar-refractivity contribution is 14.1. The first-order chi connectivity index (χ1) is 6.74. The van der Waals surface area contributed by atoms with Gasteiger partial charge < -0.3 is 5.32 Å². The molecule has 0 amide bonds. The molecule has 0 aromatic heterocycles. The van der Waals surface area contributed by atoms with Gasteiger partial charge in [-0.2, -0.15) is 0 Å². The lowest BCUT2D eigenvalue weighted by molar-refractivity contribution is 0.587.